The molecule has 37 heavy (non-hydrogen) atoms. The number of esters is 1. The molecule has 3 aromatic carbocycles. The molecule has 194 valence electrons. The summed E-state index contributed by atoms with van der Waals surface area (Å²) in [5.41, 5.74) is 3.28. The lowest BCUT2D eigenvalue weighted by atomic mass is 9.63. The zero-order valence-electron chi connectivity index (χ0n) is 21.5. The van der Waals surface area contributed by atoms with E-state index in [0.717, 1.165) is 19.6 Å². The number of hydrogen-bond acceptors (Lipinski definition) is 6. The normalized spacial score (nSPS) is 16.3. The van der Waals surface area contributed by atoms with E-state index in [9.17, 15) is 9.59 Å². The van der Waals surface area contributed by atoms with E-state index >= 15 is 0 Å². The van der Waals surface area contributed by atoms with Crippen molar-refractivity contribution in [1.29, 1.82) is 0 Å². The van der Waals surface area contributed by atoms with Crippen LogP contribution >= 0.6 is 0 Å². The number of rotatable bonds is 12. The van der Waals surface area contributed by atoms with Crippen LogP contribution in [-0.2, 0) is 24.5 Å². The fraction of sp³-hybridized carbons (Fsp3) is 0.355. The first kappa shape index (κ1) is 26.7. The van der Waals surface area contributed by atoms with Crippen LogP contribution in [0.3, 0.4) is 0 Å². The van der Waals surface area contributed by atoms with Crippen LogP contribution in [-0.4, -0.2) is 68.7 Å². The van der Waals surface area contributed by atoms with Crippen LogP contribution in [0.2, 0.25) is 0 Å². The van der Waals surface area contributed by atoms with Crippen molar-refractivity contribution >= 4 is 11.8 Å². The molecule has 0 aliphatic carbocycles. The number of ether oxygens (including phenoxy) is 2. The van der Waals surface area contributed by atoms with Crippen LogP contribution < -0.4 is 5.32 Å². The molecule has 1 aliphatic rings. The Morgan fingerprint density at radius 2 is 1.43 bits per heavy atom. The molecule has 4 rings (SSSR count). The molecule has 0 saturated carbocycles. The summed E-state index contributed by atoms with van der Waals surface area (Å²) < 4.78 is 10.6. The maximum atomic E-state index is 12.1. The molecule has 1 heterocycles. The molecular formula is C31H36N2O4. The van der Waals surface area contributed by atoms with E-state index in [1.54, 1.807) is 6.92 Å². The number of nitrogens with zero attached hydrogens (tertiary/aromatic N) is 1. The highest BCUT2D eigenvalue weighted by Gasteiger charge is 2.46. The lowest BCUT2D eigenvalue weighted by Crippen LogP contribution is -2.61. The summed E-state index contributed by atoms with van der Waals surface area (Å²) in [7, 11) is 0. The summed E-state index contributed by atoms with van der Waals surface area (Å²) in [4.78, 5) is 26.2. The number of piperazine rings is 1. The summed E-state index contributed by atoms with van der Waals surface area (Å²) in [5.74, 6) is -0.765. The van der Waals surface area contributed by atoms with Crippen LogP contribution in [0.4, 0.5) is 0 Å². The first-order chi connectivity index (χ1) is 18.2. The average Bonchev–Trinajstić information content (AvgIpc) is 2.94. The molecule has 0 amide bonds. The second-order valence-electron chi connectivity index (χ2n) is 9.24. The Morgan fingerprint density at radius 1 is 0.892 bits per heavy atom. The second-order valence-corrected chi connectivity index (χ2v) is 9.24. The number of ketones is 1. The molecule has 0 bridgehead atoms. The maximum Gasteiger partial charge on any atom is 0.313 e. The van der Waals surface area contributed by atoms with Crippen molar-refractivity contribution in [2.45, 2.75) is 24.8 Å². The third-order valence-electron chi connectivity index (χ3n) is 6.97. The van der Waals surface area contributed by atoms with Gasteiger partial charge in [0, 0.05) is 32.2 Å². The summed E-state index contributed by atoms with van der Waals surface area (Å²) >= 11 is 0. The molecule has 6 heteroatoms. The zero-order valence-corrected chi connectivity index (χ0v) is 21.5. The number of benzene rings is 3. The number of carbonyl (C=O) groups excluding carboxylic acids is 2. The standard InChI is InChI=1S/C31H36N2O4/c1-2-37-30(35)22-28(34)24-36-21-20-33-19-18-32-23-29(33)31(25-12-6-3-7-13-25,26-14-8-4-9-15-26)27-16-10-5-11-17-27/h3-17,29,32H,2,18-24H2,1H3. The lowest BCUT2D eigenvalue weighted by molar-refractivity contribution is -0.146. The van der Waals surface area contributed by atoms with Gasteiger partial charge in [-0.1, -0.05) is 91.0 Å². The van der Waals surface area contributed by atoms with Crippen molar-refractivity contribution in [2.75, 3.05) is 46.0 Å². The predicted molar refractivity (Wildman–Crippen MR) is 145 cm³/mol. The fourth-order valence-corrected chi connectivity index (χ4v) is 5.41. The monoisotopic (exact) mass is 500 g/mol. The minimum Gasteiger partial charge on any atom is -0.466 e. The number of hydrogen-bond donors (Lipinski definition) is 1. The largest absolute Gasteiger partial charge is 0.466 e. The van der Waals surface area contributed by atoms with Crippen LogP contribution in [0.1, 0.15) is 30.0 Å². The summed E-state index contributed by atoms with van der Waals surface area (Å²) in [6.45, 7) is 5.53. The molecule has 1 saturated heterocycles. The van der Waals surface area contributed by atoms with Gasteiger partial charge in [0.15, 0.2) is 5.78 Å². The highest BCUT2D eigenvalue weighted by Crippen LogP contribution is 2.44. The Bertz CT molecular complexity index is 1030. The number of Topliss-reactive ketones (excluding diaryl/α,β-unsaturated/α-hetero) is 1. The van der Waals surface area contributed by atoms with Crippen molar-refractivity contribution in [3.05, 3.63) is 108 Å². The van der Waals surface area contributed by atoms with Gasteiger partial charge in [0.05, 0.1) is 18.6 Å². The van der Waals surface area contributed by atoms with Crippen molar-refractivity contribution in [3.8, 4) is 0 Å². The Labute approximate surface area is 219 Å². The highest BCUT2D eigenvalue weighted by molar-refractivity contribution is 5.96. The van der Waals surface area contributed by atoms with Crippen LogP contribution in [0.5, 0.6) is 0 Å². The summed E-state index contributed by atoms with van der Waals surface area (Å²) in [6, 6.07) is 32.2. The topological polar surface area (TPSA) is 67.9 Å². The molecule has 0 radical (unpaired) electrons. The van der Waals surface area contributed by atoms with Gasteiger partial charge in [-0.3, -0.25) is 14.5 Å². The third kappa shape index (κ3) is 6.34. The molecule has 3 aromatic rings. The van der Waals surface area contributed by atoms with E-state index < -0.39 is 11.4 Å². The minimum absolute atomic E-state index is 0.0865. The quantitative estimate of drug-likeness (QED) is 0.176. The zero-order chi connectivity index (χ0) is 25.9. The molecule has 1 aliphatic heterocycles. The van der Waals surface area contributed by atoms with E-state index in [1.165, 1.54) is 16.7 Å². The molecule has 1 unspecified atom stereocenters. The van der Waals surface area contributed by atoms with Crippen molar-refractivity contribution in [3.63, 3.8) is 0 Å². The van der Waals surface area contributed by atoms with E-state index in [4.69, 9.17) is 9.47 Å². The van der Waals surface area contributed by atoms with Crippen LogP contribution in [0.15, 0.2) is 91.0 Å². The summed E-state index contributed by atoms with van der Waals surface area (Å²) in [6.07, 6.45) is -0.247. The number of carbonyl (C=O) groups is 2. The Hall–Kier alpha value is -3.32. The lowest BCUT2D eigenvalue weighted by Gasteiger charge is -2.50. The first-order valence-electron chi connectivity index (χ1n) is 13.0. The van der Waals surface area contributed by atoms with E-state index in [1.807, 2.05) is 0 Å². The van der Waals surface area contributed by atoms with Crippen LogP contribution in [0, 0.1) is 0 Å². The Balaban J connectivity index is 1.62. The maximum absolute atomic E-state index is 12.1. The van der Waals surface area contributed by atoms with Gasteiger partial charge in [0.2, 0.25) is 0 Å². The van der Waals surface area contributed by atoms with Gasteiger partial charge >= 0.3 is 5.97 Å². The van der Waals surface area contributed by atoms with Gasteiger partial charge in [0.25, 0.3) is 0 Å². The number of nitrogens with one attached hydrogen (secondary N) is 1. The van der Waals surface area contributed by atoms with Crippen LogP contribution in [0.25, 0.3) is 0 Å². The molecule has 0 spiro atoms. The van der Waals surface area contributed by atoms with Gasteiger partial charge in [-0.15, -0.1) is 0 Å². The first-order valence-corrected chi connectivity index (χ1v) is 13.0. The molecule has 6 nitrogen and oxygen atoms in total. The highest BCUT2D eigenvalue weighted by atomic mass is 16.5. The average molecular weight is 501 g/mol. The molecule has 0 aromatic heterocycles. The van der Waals surface area contributed by atoms with Gasteiger partial charge in [-0.25, -0.2) is 0 Å². The molecule has 1 fully saturated rings. The second kappa shape index (κ2) is 13.3. The van der Waals surface area contributed by atoms with E-state index in [-0.39, 0.29) is 31.5 Å². The third-order valence-corrected chi connectivity index (χ3v) is 6.97. The van der Waals surface area contributed by atoms with Crippen molar-refractivity contribution < 1.29 is 19.1 Å². The predicted octanol–water partition coefficient (Wildman–Crippen LogP) is 3.83. The van der Waals surface area contributed by atoms with E-state index in [0.29, 0.717) is 13.2 Å². The summed E-state index contributed by atoms with van der Waals surface area (Å²) in [5, 5.41) is 3.63. The SMILES string of the molecule is CCOC(=O)CC(=O)COCCN1CCNCC1C(c1ccccc1)(c1ccccc1)c1ccccc1. The molecule has 1 N–H and O–H groups in total. The van der Waals surface area contributed by atoms with Gasteiger partial charge < -0.3 is 14.8 Å². The van der Waals surface area contributed by atoms with Gasteiger partial charge in [0.1, 0.15) is 13.0 Å². The van der Waals surface area contributed by atoms with Gasteiger partial charge in [-0.2, -0.15) is 0 Å². The minimum atomic E-state index is -0.503. The van der Waals surface area contributed by atoms with E-state index in [2.05, 4.69) is 101 Å². The Morgan fingerprint density at radius 3 is 1.95 bits per heavy atom. The van der Waals surface area contributed by atoms with Gasteiger partial charge in [-0.05, 0) is 23.6 Å². The smallest absolute Gasteiger partial charge is 0.313 e. The molecule has 1 atom stereocenters. The Kier molecular flexibility index (Phi) is 9.60. The van der Waals surface area contributed by atoms with Crippen molar-refractivity contribution in [2.24, 2.45) is 0 Å². The molecular weight excluding hydrogens is 464 g/mol. The fourth-order valence-electron chi connectivity index (χ4n) is 5.41. The van der Waals surface area contributed by atoms with Crippen molar-refractivity contribution in [1.82, 2.24) is 10.2 Å².